The van der Waals surface area contributed by atoms with E-state index < -0.39 is 0 Å². The van der Waals surface area contributed by atoms with E-state index in [1.54, 1.807) is 11.1 Å². The van der Waals surface area contributed by atoms with E-state index in [1.807, 2.05) is 24.3 Å². The molecule has 0 N–H and O–H groups in total. The van der Waals surface area contributed by atoms with Crippen LogP contribution < -0.4 is 0 Å². The van der Waals surface area contributed by atoms with E-state index >= 15 is 0 Å². The third kappa shape index (κ3) is 5.95. The van der Waals surface area contributed by atoms with Gasteiger partial charge in [0, 0.05) is 16.7 Å². The van der Waals surface area contributed by atoms with Gasteiger partial charge >= 0.3 is 0 Å². The average molecular weight is 755 g/mol. The van der Waals surface area contributed by atoms with Crippen LogP contribution in [-0.2, 0) is 10.8 Å². The number of hydrogen-bond donors (Lipinski definition) is 0. The molecular formula is C54H50N4. The van der Waals surface area contributed by atoms with Gasteiger partial charge in [-0.2, -0.15) is 5.26 Å². The van der Waals surface area contributed by atoms with Gasteiger partial charge in [-0.05, 0) is 193 Å². The highest BCUT2D eigenvalue weighted by molar-refractivity contribution is 5.75. The normalized spacial score (nSPS) is 30.1. The molecule has 14 rings (SSSR count). The third-order valence-electron chi connectivity index (χ3n) is 15.9. The van der Waals surface area contributed by atoms with Crippen molar-refractivity contribution in [2.24, 2.45) is 35.5 Å². The molecule has 0 radical (unpaired) electrons. The standard InChI is InChI=1S/C54H50N4/c55-33-34-7-9-43(10-8-34)50-56-51(46-5-1-3-44(25-46)41-11-15-48(16-12-41)53-27-35-19-36(28-53)21-37(20-35)29-53)58-52(57-50)47-6-2-4-45(26-47)42-13-17-49(18-14-42)54-30-38-22-39(31-54)24-40(23-38)32-54/h1-18,25-26,35-40H,19-24,27-32H2/t35-,36+,37-,38-,39+,40-,53?,54?. The number of rotatable bonds is 7. The zero-order valence-corrected chi connectivity index (χ0v) is 33.3. The van der Waals surface area contributed by atoms with Crippen LogP contribution in [0.15, 0.2) is 121 Å². The Morgan fingerprint density at radius 1 is 0.379 bits per heavy atom. The minimum atomic E-state index is 0.396. The van der Waals surface area contributed by atoms with Crippen LogP contribution in [0, 0.1) is 46.8 Å². The molecule has 0 unspecified atom stereocenters. The summed E-state index contributed by atoms with van der Waals surface area (Å²) in [6, 6.07) is 46.2. The zero-order chi connectivity index (χ0) is 38.4. The van der Waals surface area contributed by atoms with Gasteiger partial charge in [-0.1, -0.05) is 84.9 Å². The lowest BCUT2D eigenvalue weighted by Gasteiger charge is -2.57. The molecule has 0 spiro atoms. The van der Waals surface area contributed by atoms with Crippen LogP contribution >= 0.6 is 0 Å². The quantitative estimate of drug-likeness (QED) is 0.163. The molecule has 1 heterocycles. The second kappa shape index (κ2) is 13.3. The summed E-state index contributed by atoms with van der Waals surface area (Å²) in [7, 11) is 0. The number of nitrogens with zero attached hydrogens (tertiary/aromatic N) is 4. The number of hydrogen-bond acceptors (Lipinski definition) is 4. The van der Waals surface area contributed by atoms with Gasteiger partial charge in [0.15, 0.2) is 17.5 Å². The van der Waals surface area contributed by atoms with E-state index in [4.69, 9.17) is 15.0 Å². The maximum Gasteiger partial charge on any atom is 0.164 e. The van der Waals surface area contributed by atoms with Gasteiger partial charge in [0.2, 0.25) is 0 Å². The minimum Gasteiger partial charge on any atom is -0.208 e. The predicted molar refractivity (Wildman–Crippen MR) is 231 cm³/mol. The molecule has 8 bridgehead atoms. The van der Waals surface area contributed by atoms with Crippen molar-refractivity contribution in [3.05, 3.63) is 138 Å². The summed E-state index contributed by atoms with van der Waals surface area (Å²) in [5.74, 6) is 7.50. The highest BCUT2D eigenvalue weighted by atomic mass is 15.0. The molecule has 0 amide bonds. The molecule has 8 aliphatic carbocycles. The Kier molecular flexibility index (Phi) is 7.95. The van der Waals surface area contributed by atoms with Gasteiger partial charge in [0.1, 0.15) is 0 Å². The molecule has 0 saturated heterocycles. The van der Waals surface area contributed by atoms with Gasteiger partial charge < -0.3 is 0 Å². The van der Waals surface area contributed by atoms with E-state index in [2.05, 4.69) is 103 Å². The molecule has 6 aromatic rings. The van der Waals surface area contributed by atoms with Crippen LogP contribution in [0.5, 0.6) is 0 Å². The molecule has 8 saturated carbocycles. The molecule has 8 aliphatic rings. The van der Waals surface area contributed by atoms with E-state index in [1.165, 1.54) is 88.2 Å². The number of nitriles is 1. The van der Waals surface area contributed by atoms with Crippen LogP contribution in [0.1, 0.15) is 93.7 Å². The molecular weight excluding hydrogens is 705 g/mol. The predicted octanol–water partition coefficient (Wildman–Crippen LogP) is 13.0. The second-order valence-corrected chi connectivity index (χ2v) is 19.7. The largest absolute Gasteiger partial charge is 0.208 e. The lowest BCUT2D eigenvalue weighted by Crippen LogP contribution is -2.48. The van der Waals surface area contributed by atoms with Crippen molar-refractivity contribution < 1.29 is 0 Å². The van der Waals surface area contributed by atoms with Crippen molar-refractivity contribution in [3.8, 4) is 62.5 Å². The van der Waals surface area contributed by atoms with Crippen LogP contribution in [0.4, 0.5) is 0 Å². The molecule has 4 heteroatoms. The van der Waals surface area contributed by atoms with Crippen LogP contribution in [0.25, 0.3) is 56.4 Å². The number of benzene rings is 5. The number of aromatic nitrogens is 3. The Morgan fingerprint density at radius 3 is 1.07 bits per heavy atom. The first-order chi connectivity index (χ1) is 28.4. The van der Waals surface area contributed by atoms with Crippen molar-refractivity contribution >= 4 is 0 Å². The molecule has 8 fully saturated rings. The summed E-state index contributed by atoms with van der Waals surface area (Å²) in [5, 5.41) is 9.50. The van der Waals surface area contributed by atoms with Crippen molar-refractivity contribution in [2.45, 2.75) is 87.9 Å². The molecule has 58 heavy (non-hydrogen) atoms. The van der Waals surface area contributed by atoms with E-state index in [0.717, 1.165) is 63.3 Å². The Balaban J connectivity index is 0.872. The summed E-state index contributed by atoms with van der Waals surface area (Å²) in [6.45, 7) is 0. The fourth-order valence-electron chi connectivity index (χ4n) is 14.1. The van der Waals surface area contributed by atoms with E-state index in [9.17, 15) is 5.26 Å². The summed E-state index contributed by atoms with van der Waals surface area (Å²) in [6.07, 6.45) is 17.1. The minimum absolute atomic E-state index is 0.396. The first-order valence-electron chi connectivity index (χ1n) is 22.1. The Bertz CT molecular complexity index is 2360. The van der Waals surface area contributed by atoms with Crippen LogP contribution in [0.3, 0.4) is 0 Å². The third-order valence-corrected chi connectivity index (χ3v) is 15.9. The van der Waals surface area contributed by atoms with E-state index in [-0.39, 0.29) is 0 Å². The summed E-state index contributed by atoms with van der Waals surface area (Å²) in [4.78, 5) is 15.3. The highest BCUT2D eigenvalue weighted by Crippen LogP contribution is 2.62. The first kappa shape index (κ1) is 34.6. The zero-order valence-electron chi connectivity index (χ0n) is 33.3. The van der Waals surface area contributed by atoms with Gasteiger partial charge in [0.25, 0.3) is 0 Å². The molecule has 4 nitrogen and oxygen atoms in total. The summed E-state index contributed by atoms with van der Waals surface area (Å²) < 4.78 is 0. The Hall–Kier alpha value is -5.40. The van der Waals surface area contributed by atoms with Gasteiger partial charge in [0.05, 0.1) is 11.6 Å². The lowest BCUT2D eigenvalue weighted by molar-refractivity contribution is -0.00530. The van der Waals surface area contributed by atoms with Crippen molar-refractivity contribution in [3.63, 3.8) is 0 Å². The van der Waals surface area contributed by atoms with Crippen molar-refractivity contribution in [1.82, 2.24) is 15.0 Å². The highest BCUT2D eigenvalue weighted by Gasteiger charge is 2.52. The maximum absolute atomic E-state index is 9.50. The molecule has 1 aromatic heterocycles. The fraction of sp³-hybridized carbons (Fsp3) is 0.370. The lowest BCUT2D eigenvalue weighted by atomic mass is 9.48. The monoisotopic (exact) mass is 754 g/mol. The Morgan fingerprint density at radius 2 is 0.707 bits per heavy atom. The fourth-order valence-corrected chi connectivity index (χ4v) is 14.1. The van der Waals surface area contributed by atoms with Crippen molar-refractivity contribution in [1.29, 1.82) is 5.26 Å². The molecule has 0 aliphatic heterocycles. The second-order valence-electron chi connectivity index (χ2n) is 19.7. The summed E-state index contributed by atoms with van der Waals surface area (Å²) in [5.41, 5.74) is 12.1. The summed E-state index contributed by atoms with van der Waals surface area (Å²) >= 11 is 0. The van der Waals surface area contributed by atoms with Crippen molar-refractivity contribution in [2.75, 3.05) is 0 Å². The first-order valence-corrected chi connectivity index (χ1v) is 22.1. The SMILES string of the molecule is N#Cc1ccc(-c2nc(-c3cccc(-c4ccc(C56C[C@H]7C[C@@H](C5)C[C@@H](C6)C7)cc4)c3)nc(-c3cccc(-c4ccc(C56C[C@H]7C[C@@H](C5)C[C@@H](C6)C7)cc4)c3)n2)cc1. The van der Waals surface area contributed by atoms with Gasteiger partial charge in [-0.3, -0.25) is 0 Å². The van der Waals surface area contributed by atoms with E-state index in [0.29, 0.717) is 33.9 Å². The van der Waals surface area contributed by atoms with Gasteiger partial charge in [-0.25, -0.2) is 15.0 Å². The van der Waals surface area contributed by atoms with Gasteiger partial charge in [-0.15, -0.1) is 0 Å². The topological polar surface area (TPSA) is 62.5 Å². The molecule has 5 aromatic carbocycles. The maximum atomic E-state index is 9.50. The average Bonchev–Trinajstić information content (AvgIpc) is 3.26. The smallest absolute Gasteiger partial charge is 0.164 e. The van der Waals surface area contributed by atoms with Crippen LogP contribution in [0.2, 0.25) is 0 Å². The molecule has 0 atom stereocenters. The Labute approximate surface area is 342 Å². The van der Waals surface area contributed by atoms with Crippen LogP contribution in [-0.4, -0.2) is 15.0 Å². The molecule has 286 valence electrons.